The Balaban J connectivity index is 1.87. The number of carboxylic acids is 1. The van der Waals surface area contributed by atoms with E-state index in [-0.39, 0.29) is 18.2 Å². The lowest BCUT2D eigenvalue weighted by Crippen LogP contribution is -2.45. The predicted octanol–water partition coefficient (Wildman–Crippen LogP) is 4.44. The van der Waals surface area contributed by atoms with Crippen LogP contribution in [0.4, 0.5) is 0 Å². The van der Waals surface area contributed by atoms with Gasteiger partial charge in [0.2, 0.25) is 5.91 Å². The van der Waals surface area contributed by atoms with Crippen LogP contribution in [0.1, 0.15) is 64.9 Å². The van der Waals surface area contributed by atoms with Crippen LogP contribution in [0, 0.1) is 17.8 Å². The highest BCUT2D eigenvalue weighted by Gasteiger charge is 2.30. The van der Waals surface area contributed by atoms with Crippen LogP contribution in [-0.2, 0) is 16.0 Å². The molecule has 0 saturated heterocycles. The van der Waals surface area contributed by atoms with E-state index in [4.69, 9.17) is 4.74 Å². The van der Waals surface area contributed by atoms with E-state index >= 15 is 0 Å². The number of amides is 1. The number of ether oxygens (including phenoxy) is 1. The summed E-state index contributed by atoms with van der Waals surface area (Å²) in [5.41, 5.74) is 0.874. The largest absolute Gasteiger partial charge is 0.494 e. The van der Waals surface area contributed by atoms with E-state index in [0.717, 1.165) is 49.8 Å². The minimum absolute atomic E-state index is 0.0637. The number of aliphatic carboxylic acids is 1. The van der Waals surface area contributed by atoms with Gasteiger partial charge < -0.3 is 15.2 Å². The number of hydrogen-bond donors (Lipinski definition) is 2. The summed E-state index contributed by atoms with van der Waals surface area (Å²) in [4.78, 5) is 24.3. The number of benzene rings is 1. The number of unbranched alkanes of at least 4 members (excludes halogenated alkanes) is 1. The molecule has 1 aromatic rings. The maximum atomic E-state index is 12.6. The molecule has 1 aromatic carbocycles. The van der Waals surface area contributed by atoms with Crippen LogP contribution >= 0.6 is 0 Å². The number of nitrogens with one attached hydrogen (secondary N) is 1. The van der Waals surface area contributed by atoms with Gasteiger partial charge in [0.05, 0.1) is 6.61 Å². The molecule has 0 aliphatic heterocycles. The number of carbonyl (C=O) groups is 2. The fraction of sp³-hybridized carbons (Fsp3) is 0.652. The van der Waals surface area contributed by atoms with Crippen LogP contribution in [-0.4, -0.2) is 29.6 Å². The minimum atomic E-state index is -0.993. The highest BCUT2D eigenvalue weighted by molar-refractivity contribution is 5.85. The van der Waals surface area contributed by atoms with Crippen molar-refractivity contribution >= 4 is 11.9 Å². The Hall–Kier alpha value is -2.04. The maximum Gasteiger partial charge on any atom is 0.326 e. The molecule has 1 amide bonds. The van der Waals surface area contributed by atoms with Gasteiger partial charge in [0.15, 0.2) is 0 Å². The first-order chi connectivity index (χ1) is 13.4. The molecule has 5 nitrogen and oxygen atoms in total. The Kier molecular flexibility index (Phi) is 8.81. The standard InChI is InChI=1S/C23H35NO4/c1-4-5-14-28-20-12-6-17(7-13-20)15-21(23(26)27)24-22(25)19-10-8-18(9-11-19)16(2)3/h6-7,12-13,16,18-19,21H,4-5,8-11,14-15H2,1-3H3,(H,24,25)(H,26,27)/t18-,19-,21-/m0/s1. The van der Waals surface area contributed by atoms with E-state index in [1.54, 1.807) is 0 Å². The zero-order chi connectivity index (χ0) is 20.5. The van der Waals surface area contributed by atoms with Gasteiger partial charge in [0, 0.05) is 12.3 Å². The summed E-state index contributed by atoms with van der Waals surface area (Å²) < 4.78 is 5.64. The Morgan fingerprint density at radius 2 is 1.79 bits per heavy atom. The normalized spacial score (nSPS) is 20.6. The third-order valence-corrected chi connectivity index (χ3v) is 5.83. The molecule has 2 rings (SSSR count). The van der Waals surface area contributed by atoms with Crippen LogP contribution in [0.25, 0.3) is 0 Å². The SMILES string of the molecule is CCCCOc1ccc(C[C@H](NC(=O)[C@H]2CC[C@H](C(C)C)CC2)C(=O)O)cc1. The Morgan fingerprint density at radius 1 is 1.14 bits per heavy atom. The molecule has 1 aliphatic carbocycles. The maximum absolute atomic E-state index is 12.6. The van der Waals surface area contributed by atoms with Crippen molar-refractivity contribution in [2.75, 3.05) is 6.61 Å². The molecule has 0 spiro atoms. The number of hydrogen-bond acceptors (Lipinski definition) is 3. The molecule has 1 saturated carbocycles. The van der Waals surface area contributed by atoms with Crippen molar-refractivity contribution in [3.05, 3.63) is 29.8 Å². The molecule has 156 valence electrons. The number of carbonyl (C=O) groups excluding carboxylic acids is 1. The zero-order valence-electron chi connectivity index (χ0n) is 17.4. The third-order valence-electron chi connectivity index (χ3n) is 5.83. The van der Waals surface area contributed by atoms with Gasteiger partial charge in [-0.1, -0.05) is 39.3 Å². The van der Waals surface area contributed by atoms with Crippen molar-refractivity contribution < 1.29 is 19.4 Å². The zero-order valence-corrected chi connectivity index (χ0v) is 17.4. The fourth-order valence-corrected chi connectivity index (χ4v) is 3.83. The van der Waals surface area contributed by atoms with Crippen molar-refractivity contribution in [2.45, 2.75) is 71.8 Å². The first kappa shape index (κ1) is 22.3. The molecule has 0 aromatic heterocycles. The molecule has 1 aliphatic rings. The van der Waals surface area contributed by atoms with Crippen LogP contribution < -0.4 is 10.1 Å². The molecule has 28 heavy (non-hydrogen) atoms. The van der Waals surface area contributed by atoms with E-state index in [2.05, 4.69) is 26.1 Å². The quantitative estimate of drug-likeness (QED) is 0.580. The summed E-state index contributed by atoms with van der Waals surface area (Å²) in [7, 11) is 0. The van der Waals surface area contributed by atoms with E-state index in [1.807, 2.05) is 24.3 Å². The van der Waals surface area contributed by atoms with Gasteiger partial charge in [-0.25, -0.2) is 4.79 Å². The van der Waals surface area contributed by atoms with Crippen LogP contribution in [0.3, 0.4) is 0 Å². The molecule has 1 fully saturated rings. The number of rotatable bonds is 10. The number of carboxylic acid groups (broad SMARTS) is 1. The van der Waals surface area contributed by atoms with Crippen LogP contribution in [0.5, 0.6) is 5.75 Å². The fourth-order valence-electron chi connectivity index (χ4n) is 3.83. The van der Waals surface area contributed by atoms with E-state index in [9.17, 15) is 14.7 Å². The smallest absolute Gasteiger partial charge is 0.326 e. The summed E-state index contributed by atoms with van der Waals surface area (Å²) in [6.45, 7) is 7.25. The van der Waals surface area contributed by atoms with Crippen molar-refractivity contribution in [1.29, 1.82) is 0 Å². The molecule has 0 radical (unpaired) electrons. The van der Waals surface area contributed by atoms with Gasteiger partial charge in [-0.05, 0) is 61.6 Å². The lowest BCUT2D eigenvalue weighted by atomic mass is 9.76. The Morgan fingerprint density at radius 3 is 2.32 bits per heavy atom. The summed E-state index contributed by atoms with van der Waals surface area (Å²) in [5, 5.41) is 12.3. The lowest BCUT2D eigenvalue weighted by Gasteiger charge is -2.30. The molecule has 0 unspecified atom stereocenters. The van der Waals surface area contributed by atoms with Crippen molar-refractivity contribution in [1.82, 2.24) is 5.32 Å². The van der Waals surface area contributed by atoms with Gasteiger partial charge >= 0.3 is 5.97 Å². The molecular formula is C23H35NO4. The van der Waals surface area contributed by atoms with Gasteiger partial charge in [0.1, 0.15) is 11.8 Å². The van der Waals surface area contributed by atoms with Gasteiger partial charge in [0.25, 0.3) is 0 Å². The summed E-state index contributed by atoms with van der Waals surface area (Å²) in [6.07, 6.45) is 6.17. The Labute approximate surface area is 168 Å². The summed E-state index contributed by atoms with van der Waals surface area (Å²) in [5.74, 6) is 0.935. The average Bonchev–Trinajstić information content (AvgIpc) is 2.68. The molecule has 2 N–H and O–H groups in total. The first-order valence-corrected chi connectivity index (χ1v) is 10.7. The molecule has 1 atom stereocenters. The first-order valence-electron chi connectivity index (χ1n) is 10.7. The average molecular weight is 390 g/mol. The lowest BCUT2D eigenvalue weighted by molar-refractivity contribution is -0.142. The van der Waals surface area contributed by atoms with E-state index in [0.29, 0.717) is 18.4 Å². The topological polar surface area (TPSA) is 75.6 Å². The van der Waals surface area contributed by atoms with Crippen molar-refractivity contribution in [3.8, 4) is 5.75 Å². The van der Waals surface area contributed by atoms with Crippen molar-refractivity contribution in [2.24, 2.45) is 17.8 Å². The van der Waals surface area contributed by atoms with Gasteiger partial charge in [-0.15, -0.1) is 0 Å². The second-order valence-electron chi connectivity index (χ2n) is 8.31. The summed E-state index contributed by atoms with van der Waals surface area (Å²) >= 11 is 0. The van der Waals surface area contributed by atoms with Gasteiger partial charge in [-0.3, -0.25) is 4.79 Å². The summed E-state index contributed by atoms with van der Waals surface area (Å²) in [6, 6.07) is 6.56. The van der Waals surface area contributed by atoms with Gasteiger partial charge in [-0.2, -0.15) is 0 Å². The van der Waals surface area contributed by atoms with Crippen LogP contribution in [0.15, 0.2) is 24.3 Å². The minimum Gasteiger partial charge on any atom is -0.494 e. The predicted molar refractivity (Wildman–Crippen MR) is 110 cm³/mol. The second kappa shape index (κ2) is 11.1. The molecule has 5 heteroatoms. The highest BCUT2D eigenvalue weighted by atomic mass is 16.5. The highest BCUT2D eigenvalue weighted by Crippen LogP contribution is 2.33. The monoisotopic (exact) mass is 389 g/mol. The second-order valence-corrected chi connectivity index (χ2v) is 8.31. The molecular weight excluding hydrogens is 354 g/mol. The molecule has 0 bridgehead atoms. The molecule has 0 heterocycles. The third kappa shape index (κ3) is 6.84. The Bertz CT molecular complexity index is 618. The van der Waals surface area contributed by atoms with Crippen molar-refractivity contribution in [3.63, 3.8) is 0 Å². The van der Waals surface area contributed by atoms with E-state index < -0.39 is 12.0 Å². The van der Waals surface area contributed by atoms with Crippen LogP contribution in [0.2, 0.25) is 0 Å². The van der Waals surface area contributed by atoms with E-state index in [1.165, 1.54) is 0 Å².